The van der Waals surface area contributed by atoms with E-state index in [2.05, 4.69) is 5.32 Å². The Morgan fingerprint density at radius 1 is 1.14 bits per heavy atom. The minimum atomic E-state index is -0.577. The second-order valence-corrected chi connectivity index (χ2v) is 4.75. The van der Waals surface area contributed by atoms with E-state index < -0.39 is 5.91 Å². The Kier molecular flexibility index (Phi) is 5.03. The van der Waals surface area contributed by atoms with E-state index in [1.807, 2.05) is 24.3 Å². The standard InChI is InChI=1S/C16H17FN2O2/c17-15-5-4-13(16(18)21)7-14(15)9-19-8-11-2-1-3-12(6-11)10-20/h1-7,19-20H,8-10H2,(H2,18,21). The fourth-order valence-corrected chi connectivity index (χ4v) is 2.04. The van der Waals surface area contributed by atoms with Gasteiger partial charge in [0.2, 0.25) is 5.91 Å². The summed E-state index contributed by atoms with van der Waals surface area (Å²) in [5, 5.41) is 12.2. The summed E-state index contributed by atoms with van der Waals surface area (Å²) >= 11 is 0. The molecule has 0 spiro atoms. The number of nitrogens with two attached hydrogens (primary N) is 1. The van der Waals surface area contributed by atoms with E-state index in [9.17, 15) is 9.18 Å². The summed E-state index contributed by atoms with van der Waals surface area (Å²) in [6.07, 6.45) is 0. The normalized spacial score (nSPS) is 10.6. The molecule has 0 aliphatic carbocycles. The molecule has 0 saturated carbocycles. The van der Waals surface area contributed by atoms with Gasteiger partial charge in [-0.2, -0.15) is 0 Å². The summed E-state index contributed by atoms with van der Waals surface area (Å²) in [6, 6.07) is 11.5. The maximum absolute atomic E-state index is 13.7. The van der Waals surface area contributed by atoms with Crippen LogP contribution < -0.4 is 11.1 Å². The molecule has 2 aromatic rings. The highest BCUT2D eigenvalue weighted by Crippen LogP contribution is 2.11. The number of aliphatic hydroxyl groups is 1. The number of benzene rings is 2. The lowest BCUT2D eigenvalue weighted by atomic mass is 10.1. The van der Waals surface area contributed by atoms with Crippen molar-refractivity contribution >= 4 is 5.91 Å². The number of nitrogens with one attached hydrogen (secondary N) is 1. The van der Waals surface area contributed by atoms with Crippen LogP contribution in [0.25, 0.3) is 0 Å². The molecule has 0 radical (unpaired) electrons. The molecule has 0 atom stereocenters. The van der Waals surface area contributed by atoms with Gasteiger partial charge in [0.25, 0.3) is 0 Å². The summed E-state index contributed by atoms with van der Waals surface area (Å²) in [6.45, 7) is 0.813. The molecule has 0 aliphatic heterocycles. The zero-order chi connectivity index (χ0) is 15.2. The SMILES string of the molecule is NC(=O)c1ccc(F)c(CNCc2cccc(CO)c2)c1. The quantitative estimate of drug-likeness (QED) is 0.757. The first kappa shape index (κ1) is 15.2. The average molecular weight is 288 g/mol. The minimum absolute atomic E-state index is 0.0108. The number of primary amides is 1. The number of carbonyl (C=O) groups is 1. The van der Waals surface area contributed by atoms with Crippen LogP contribution in [0.2, 0.25) is 0 Å². The largest absolute Gasteiger partial charge is 0.392 e. The molecule has 0 aromatic heterocycles. The maximum atomic E-state index is 13.7. The third kappa shape index (κ3) is 4.11. The molecule has 0 aliphatic rings. The van der Waals surface area contributed by atoms with Crippen molar-refractivity contribution in [2.75, 3.05) is 0 Å². The summed E-state index contributed by atoms with van der Waals surface area (Å²) in [7, 11) is 0. The maximum Gasteiger partial charge on any atom is 0.248 e. The van der Waals surface area contributed by atoms with E-state index >= 15 is 0 Å². The molecule has 5 heteroatoms. The monoisotopic (exact) mass is 288 g/mol. The fourth-order valence-electron chi connectivity index (χ4n) is 2.04. The van der Waals surface area contributed by atoms with Crippen molar-refractivity contribution in [2.45, 2.75) is 19.7 Å². The lowest BCUT2D eigenvalue weighted by molar-refractivity contribution is 0.1000. The number of amides is 1. The molecule has 4 N–H and O–H groups in total. The summed E-state index contributed by atoms with van der Waals surface area (Å²) in [5.74, 6) is -0.955. The Hall–Kier alpha value is -2.24. The lowest BCUT2D eigenvalue weighted by Crippen LogP contribution is -2.16. The summed E-state index contributed by atoms with van der Waals surface area (Å²) in [4.78, 5) is 11.1. The van der Waals surface area contributed by atoms with Gasteiger partial charge in [-0.15, -0.1) is 0 Å². The highest BCUT2D eigenvalue weighted by Gasteiger charge is 2.07. The average Bonchev–Trinajstić information content (AvgIpc) is 2.49. The van der Waals surface area contributed by atoms with Gasteiger partial charge in [-0.25, -0.2) is 4.39 Å². The van der Waals surface area contributed by atoms with E-state index in [0.29, 0.717) is 12.1 Å². The van der Waals surface area contributed by atoms with Gasteiger partial charge in [0.15, 0.2) is 0 Å². The first-order chi connectivity index (χ1) is 10.1. The van der Waals surface area contributed by atoms with Crippen molar-refractivity contribution in [3.8, 4) is 0 Å². The first-order valence-corrected chi connectivity index (χ1v) is 6.58. The van der Waals surface area contributed by atoms with E-state index in [-0.39, 0.29) is 24.5 Å². The highest BCUT2D eigenvalue weighted by atomic mass is 19.1. The lowest BCUT2D eigenvalue weighted by Gasteiger charge is -2.08. The van der Waals surface area contributed by atoms with Gasteiger partial charge in [-0.3, -0.25) is 4.79 Å². The molecular formula is C16H17FN2O2. The number of rotatable bonds is 6. The molecule has 1 amide bonds. The van der Waals surface area contributed by atoms with Crippen LogP contribution in [-0.2, 0) is 19.7 Å². The topological polar surface area (TPSA) is 75.4 Å². The van der Waals surface area contributed by atoms with Gasteiger partial charge < -0.3 is 16.2 Å². The Bertz CT molecular complexity index is 644. The zero-order valence-corrected chi connectivity index (χ0v) is 11.5. The second-order valence-electron chi connectivity index (χ2n) is 4.75. The van der Waals surface area contributed by atoms with Crippen LogP contribution in [0, 0.1) is 5.82 Å². The zero-order valence-electron chi connectivity index (χ0n) is 11.5. The van der Waals surface area contributed by atoms with Gasteiger partial charge in [-0.1, -0.05) is 24.3 Å². The van der Waals surface area contributed by atoms with Gasteiger partial charge in [0.05, 0.1) is 6.61 Å². The number of aliphatic hydroxyl groups excluding tert-OH is 1. The van der Waals surface area contributed by atoms with Crippen LogP contribution in [0.5, 0.6) is 0 Å². The molecule has 0 bridgehead atoms. The van der Waals surface area contributed by atoms with Crippen molar-refractivity contribution in [3.05, 3.63) is 70.5 Å². The third-order valence-corrected chi connectivity index (χ3v) is 3.15. The smallest absolute Gasteiger partial charge is 0.248 e. The molecule has 110 valence electrons. The van der Waals surface area contributed by atoms with E-state index in [4.69, 9.17) is 10.8 Å². The van der Waals surface area contributed by atoms with Crippen molar-refractivity contribution < 1.29 is 14.3 Å². The summed E-state index contributed by atoms with van der Waals surface area (Å²) in [5.41, 5.74) is 7.68. The van der Waals surface area contributed by atoms with Crippen LogP contribution in [-0.4, -0.2) is 11.0 Å². The highest BCUT2D eigenvalue weighted by molar-refractivity contribution is 5.92. The van der Waals surface area contributed by atoms with Crippen LogP contribution in [0.1, 0.15) is 27.0 Å². The molecule has 2 rings (SSSR count). The predicted octanol–water partition coefficient (Wildman–Crippen LogP) is 1.71. The van der Waals surface area contributed by atoms with E-state index in [1.165, 1.54) is 18.2 Å². The van der Waals surface area contributed by atoms with Crippen molar-refractivity contribution in [2.24, 2.45) is 5.73 Å². The van der Waals surface area contributed by atoms with Gasteiger partial charge in [-0.05, 0) is 29.3 Å². The predicted molar refractivity (Wildman–Crippen MR) is 77.8 cm³/mol. The molecule has 2 aromatic carbocycles. The van der Waals surface area contributed by atoms with E-state index in [1.54, 1.807) is 0 Å². The Labute approximate surface area is 122 Å². The fraction of sp³-hybridized carbons (Fsp3) is 0.188. The third-order valence-electron chi connectivity index (χ3n) is 3.15. The van der Waals surface area contributed by atoms with Crippen LogP contribution in [0.4, 0.5) is 4.39 Å². The minimum Gasteiger partial charge on any atom is -0.392 e. The van der Waals surface area contributed by atoms with Crippen LogP contribution in [0.15, 0.2) is 42.5 Å². The first-order valence-electron chi connectivity index (χ1n) is 6.58. The molecule has 0 saturated heterocycles. The number of halogens is 1. The van der Waals surface area contributed by atoms with Crippen molar-refractivity contribution in [3.63, 3.8) is 0 Å². The van der Waals surface area contributed by atoms with E-state index in [0.717, 1.165) is 11.1 Å². The van der Waals surface area contributed by atoms with Gasteiger partial charge >= 0.3 is 0 Å². The Morgan fingerprint density at radius 3 is 2.62 bits per heavy atom. The summed E-state index contributed by atoms with van der Waals surface area (Å²) < 4.78 is 13.7. The molecule has 21 heavy (non-hydrogen) atoms. The van der Waals surface area contributed by atoms with Crippen molar-refractivity contribution in [1.29, 1.82) is 0 Å². The van der Waals surface area contributed by atoms with Crippen LogP contribution in [0.3, 0.4) is 0 Å². The number of hydrogen-bond donors (Lipinski definition) is 3. The van der Waals surface area contributed by atoms with Gasteiger partial charge in [0, 0.05) is 24.2 Å². The molecule has 0 fully saturated rings. The molecular weight excluding hydrogens is 271 g/mol. The second kappa shape index (κ2) is 6.97. The Morgan fingerprint density at radius 2 is 1.90 bits per heavy atom. The Balaban J connectivity index is 1.99. The number of carbonyl (C=O) groups excluding carboxylic acids is 1. The molecule has 0 heterocycles. The van der Waals surface area contributed by atoms with Crippen molar-refractivity contribution in [1.82, 2.24) is 5.32 Å². The number of hydrogen-bond acceptors (Lipinski definition) is 3. The molecule has 0 unspecified atom stereocenters. The molecule has 4 nitrogen and oxygen atoms in total. The van der Waals surface area contributed by atoms with Crippen LogP contribution >= 0.6 is 0 Å². The van der Waals surface area contributed by atoms with Gasteiger partial charge in [0.1, 0.15) is 5.82 Å².